The predicted octanol–water partition coefficient (Wildman–Crippen LogP) is 3.18. The van der Waals surface area contributed by atoms with E-state index in [2.05, 4.69) is 30.6 Å². The zero-order chi connectivity index (χ0) is 23.6. The number of para-hydroxylation sites is 1. The fourth-order valence-electron chi connectivity index (χ4n) is 4.79. The lowest BCUT2D eigenvalue weighted by Gasteiger charge is -2.40. The van der Waals surface area contributed by atoms with Crippen LogP contribution in [0.2, 0.25) is 0 Å². The number of carbonyl (C=O) groups is 2. The second-order valence-corrected chi connectivity index (χ2v) is 10.3. The molecule has 34 heavy (non-hydrogen) atoms. The molecular weight excluding hydrogens is 448 g/mol. The molecule has 1 aliphatic heterocycles. The fraction of sp³-hybridized carbons (Fsp3) is 0.600. The molecule has 0 spiro atoms. The molecule has 2 aliphatic rings. The van der Waals surface area contributed by atoms with Crippen LogP contribution in [-0.4, -0.2) is 77.1 Å². The Balaban J connectivity index is 1.07. The van der Waals surface area contributed by atoms with E-state index in [9.17, 15) is 9.59 Å². The van der Waals surface area contributed by atoms with Gasteiger partial charge in [0.2, 0.25) is 10.9 Å². The highest BCUT2D eigenvalue weighted by Gasteiger charge is 2.24. The Kier molecular flexibility index (Phi) is 9.41. The summed E-state index contributed by atoms with van der Waals surface area (Å²) in [6.07, 6.45) is 8.78. The van der Waals surface area contributed by atoms with Crippen molar-refractivity contribution in [1.82, 2.24) is 25.3 Å². The molecule has 4 rings (SSSR count). The molecular formula is C25H36N6O2S. The first-order valence-corrected chi connectivity index (χ1v) is 13.4. The van der Waals surface area contributed by atoms with Crippen molar-refractivity contribution >= 4 is 28.8 Å². The number of aromatic nitrogens is 2. The summed E-state index contributed by atoms with van der Waals surface area (Å²) < 4.78 is 0. The third-order valence-electron chi connectivity index (χ3n) is 6.73. The molecule has 184 valence electrons. The fourth-order valence-corrected chi connectivity index (χ4v) is 5.52. The third-order valence-corrected chi connectivity index (χ3v) is 7.71. The Morgan fingerprint density at radius 2 is 1.76 bits per heavy atom. The van der Waals surface area contributed by atoms with Gasteiger partial charge in [-0.3, -0.25) is 14.5 Å². The van der Waals surface area contributed by atoms with Crippen LogP contribution in [0, 0.1) is 0 Å². The van der Waals surface area contributed by atoms with Gasteiger partial charge in [-0.2, -0.15) is 0 Å². The molecule has 2 heterocycles. The molecule has 0 bridgehead atoms. The highest BCUT2D eigenvalue weighted by atomic mass is 32.1. The van der Waals surface area contributed by atoms with Crippen molar-refractivity contribution in [3.05, 3.63) is 40.3 Å². The van der Waals surface area contributed by atoms with Crippen molar-refractivity contribution in [2.75, 3.05) is 44.6 Å². The topological polar surface area (TPSA) is 90.5 Å². The maximum absolute atomic E-state index is 12.3. The van der Waals surface area contributed by atoms with E-state index in [1.54, 1.807) is 0 Å². The van der Waals surface area contributed by atoms with E-state index in [0.29, 0.717) is 29.4 Å². The smallest absolute Gasteiger partial charge is 0.286 e. The number of amides is 2. The van der Waals surface area contributed by atoms with E-state index in [0.717, 1.165) is 37.8 Å². The van der Waals surface area contributed by atoms with Crippen molar-refractivity contribution in [3.63, 3.8) is 0 Å². The second kappa shape index (κ2) is 12.9. The van der Waals surface area contributed by atoms with Gasteiger partial charge in [-0.25, -0.2) is 0 Å². The van der Waals surface area contributed by atoms with Crippen LogP contribution in [-0.2, 0) is 11.2 Å². The normalized spacial score (nSPS) is 18.0. The number of nitrogens with zero attached hydrogens (tertiary/aromatic N) is 4. The molecule has 1 aliphatic carbocycles. The average Bonchev–Trinajstić information content (AvgIpc) is 3.36. The van der Waals surface area contributed by atoms with Crippen LogP contribution in [0.1, 0.15) is 59.8 Å². The lowest BCUT2D eigenvalue weighted by Crippen LogP contribution is -2.51. The van der Waals surface area contributed by atoms with Crippen LogP contribution in [0.15, 0.2) is 30.3 Å². The highest BCUT2D eigenvalue weighted by molar-refractivity contribution is 7.13. The van der Waals surface area contributed by atoms with Gasteiger partial charge in [0, 0.05) is 57.3 Å². The summed E-state index contributed by atoms with van der Waals surface area (Å²) in [6.45, 7) is 6.38. The average molecular weight is 485 g/mol. The molecule has 1 aromatic heterocycles. The van der Waals surface area contributed by atoms with E-state index >= 15 is 0 Å². The van der Waals surface area contributed by atoms with E-state index in [4.69, 9.17) is 0 Å². The van der Waals surface area contributed by atoms with Crippen LogP contribution in [0.3, 0.4) is 0 Å². The number of benzene rings is 1. The number of rotatable bonds is 10. The Morgan fingerprint density at radius 1 is 1.00 bits per heavy atom. The van der Waals surface area contributed by atoms with Gasteiger partial charge < -0.3 is 15.5 Å². The zero-order valence-electron chi connectivity index (χ0n) is 19.9. The summed E-state index contributed by atoms with van der Waals surface area (Å²) in [7, 11) is 0. The maximum Gasteiger partial charge on any atom is 0.286 e. The minimum Gasteiger partial charge on any atom is -0.356 e. The maximum atomic E-state index is 12.3. The first-order chi connectivity index (χ1) is 16.7. The Labute approximate surface area is 206 Å². The minimum atomic E-state index is -0.279. The number of piperazine rings is 1. The molecule has 2 aromatic rings. The van der Waals surface area contributed by atoms with Crippen molar-refractivity contribution in [2.45, 2.75) is 57.4 Å². The summed E-state index contributed by atoms with van der Waals surface area (Å²) in [4.78, 5) is 29.7. The molecule has 2 amide bonds. The second-order valence-electron chi connectivity index (χ2n) is 9.19. The Morgan fingerprint density at radius 3 is 2.53 bits per heavy atom. The number of anilines is 1. The van der Waals surface area contributed by atoms with Crippen molar-refractivity contribution in [2.24, 2.45) is 0 Å². The van der Waals surface area contributed by atoms with Crippen LogP contribution in [0.5, 0.6) is 0 Å². The van der Waals surface area contributed by atoms with Crippen LogP contribution in [0.4, 0.5) is 5.69 Å². The minimum absolute atomic E-state index is 0.0209. The SMILES string of the molecule is O=C(CCc1nnc(C(=O)Nc2ccccc2)s1)NCCCN1CCN(C2CCCCC2)CC1. The molecule has 0 radical (unpaired) electrons. The van der Waals surface area contributed by atoms with Crippen LogP contribution in [0.25, 0.3) is 0 Å². The summed E-state index contributed by atoms with van der Waals surface area (Å²) in [6, 6.07) is 10.1. The van der Waals surface area contributed by atoms with Gasteiger partial charge in [-0.1, -0.05) is 48.8 Å². The number of hydrogen-bond acceptors (Lipinski definition) is 7. The van der Waals surface area contributed by atoms with Gasteiger partial charge in [0.15, 0.2) is 0 Å². The first-order valence-electron chi connectivity index (χ1n) is 12.6. The molecule has 8 nitrogen and oxygen atoms in total. The molecule has 0 atom stereocenters. The van der Waals surface area contributed by atoms with Gasteiger partial charge in [0.1, 0.15) is 5.01 Å². The quantitative estimate of drug-likeness (QED) is 0.504. The lowest BCUT2D eigenvalue weighted by molar-refractivity contribution is -0.121. The van der Waals surface area contributed by atoms with Crippen molar-refractivity contribution in [3.8, 4) is 0 Å². The summed E-state index contributed by atoms with van der Waals surface area (Å²) in [5, 5.41) is 14.9. The van der Waals surface area contributed by atoms with E-state index < -0.39 is 0 Å². The summed E-state index contributed by atoms with van der Waals surface area (Å²) >= 11 is 1.23. The van der Waals surface area contributed by atoms with E-state index in [1.807, 2.05) is 30.3 Å². The third kappa shape index (κ3) is 7.58. The zero-order valence-corrected chi connectivity index (χ0v) is 20.7. The molecule has 2 fully saturated rings. The Bertz CT molecular complexity index is 907. The van der Waals surface area contributed by atoms with E-state index in [-0.39, 0.29) is 11.8 Å². The van der Waals surface area contributed by atoms with Crippen LogP contribution < -0.4 is 10.6 Å². The molecule has 1 saturated heterocycles. The number of aryl methyl sites for hydroxylation is 1. The lowest BCUT2D eigenvalue weighted by atomic mass is 9.94. The van der Waals surface area contributed by atoms with Gasteiger partial charge in [0.05, 0.1) is 0 Å². The number of nitrogens with one attached hydrogen (secondary N) is 2. The largest absolute Gasteiger partial charge is 0.356 e. The van der Waals surface area contributed by atoms with Crippen molar-refractivity contribution in [1.29, 1.82) is 0 Å². The molecule has 2 N–H and O–H groups in total. The van der Waals surface area contributed by atoms with Gasteiger partial charge in [-0.05, 0) is 37.9 Å². The molecule has 1 aromatic carbocycles. The molecule has 0 unspecified atom stereocenters. The molecule has 1 saturated carbocycles. The van der Waals surface area contributed by atoms with E-state index in [1.165, 1.54) is 56.5 Å². The van der Waals surface area contributed by atoms with Gasteiger partial charge in [-0.15, -0.1) is 10.2 Å². The summed E-state index contributed by atoms with van der Waals surface area (Å²) in [5.74, 6) is -0.258. The number of hydrogen-bond donors (Lipinski definition) is 2. The highest BCUT2D eigenvalue weighted by Crippen LogP contribution is 2.23. The van der Waals surface area contributed by atoms with Crippen LogP contribution >= 0.6 is 11.3 Å². The first kappa shape index (κ1) is 24.8. The Hall–Kier alpha value is -2.36. The van der Waals surface area contributed by atoms with Gasteiger partial charge in [0.25, 0.3) is 5.91 Å². The van der Waals surface area contributed by atoms with Crippen molar-refractivity contribution < 1.29 is 9.59 Å². The number of carbonyl (C=O) groups excluding carboxylic acids is 2. The summed E-state index contributed by atoms with van der Waals surface area (Å²) in [5.41, 5.74) is 0.717. The standard InChI is InChI=1S/C25H36N6O2S/c32-22(12-13-23-28-29-25(34-23)24(33)27-20-8-3-1-4-9-20)26-14-7-15-30-16-18-31(19-17-30)21-10-5-2-6-11-21/h1,3-4,8-9,21H,2,5-7,10-19H2,(H,26,32)(H,27,33). The monoisotopic (exact) mass is 484 g/mol. The van der Waals surface area contributed by atoms with Gasteiger partial charge >= 0.3 is 0 Å². The molecule has 9 heteroatoms. The predicted molar refractivity (Wildman–Crippen MR) is 135 cm³/mol.